The lowest BCUT2D eigenvalue weighted by Crippen LogP contribution is -1.96. The van der Waals surface area contributed by atoms with Crippen LogP contribution in [0, 0.1) is 11.7 Å². The molecule has 0 spiro atoms. The summed E-state index contributed by atoms with van der Waals surface area (Å²) in [7, 11) is 0. The van der Waals surface area contributed by atoms with E-state index in [1.807, 2.05) is 6.07 Å². The Morgan fingerprint density at radius 1 is 1.46 bits per heavy atom. The Bertz CT molecular complexity index is 346. The molecule has 0 aromatic heterocycles. The van der Waals surface area contributed by atoms with Crippen molar-refractivity contribution in [3.8, 4) is 0 Å². The minimum atomic E-state index is -0.184. The van der Waals surface area contributed by atoms with Crippen LogP contribution in [0.2, 0.25) is 0 Å². The van der Waals surface area contributed by atoms with Crippen molar-refractivity contribution in [1.29, 1.82) is 0 Å². The number of hydrogen-bond donors (Lipinski definition) is 0. The van der Waals surface area contributed by atoms with Crippen LogP contribution >= 0.6 is 0 Å². The van der Waals surface area contributed by atoms with Gasteiger partial charge in [-0.3, -0.25) is 4.79 Å². The predicted octanol–water partition coefficient (Wildman–Crippen LogP) is 2.52. The lowest BCUT2D eigenvalue weighted by atomic mass is 10.1. The predicted molar refractivity (Wildman–Crippen MR) is 47.9 cm³/mol. The monoisotopic (exact) mass is 178 g/mol. The number of ketones is 1. The first-order valence-electron chi connectivity index (χ1n) is 4.45. The Hall–Kier alpha value is -1.18. The molecular formula is C11H11FO. The van der Waals surface area contributed by atoms with Crippen LogP contribution in [0.3, 0.4) is 0 Å². The smallest absolute Gasteiger partial charge is 0.133 e. The van der Waals surface area contributed by atoms with Crippen molar-refractivity contribution in [2.24, 2.45) is 5.92 Å². The molecule has 0 bridgehead atoms. The van der Waals surface area contributed by atoms with Crippen molar-refractivity contribution in [3.05, 3.63) is 35.6 Å². The molecule has 2 atom stereocenters. The van der Waals surface area contributed by atoms with Crippen LogP contribution in [0.5, 0.6) is 0 Å². The second kappa shape index (κ2) is 2.95. The third-order valence-corrected chi connectivity index (χ3v) is 2.62. The molecule has 68 valence electrons. The van der Waals surface area contributed by atoms with E-state index in [-0.39, 0.29) is 23.4 Å². The summed E-state index contributed by atoms with van der Waals surface area (Å²) in [4.78, 5) is 11.0. The molecule has 0 radical (unpaired) electrons. The topological polar surface area (TPSA) is 17.1 Å². The zero-order chi connectivity index (χ0) is 9.42. The molecule has 1 aliphatic rings. The van der Waals surface area contributed by atoms with E-state index in [2.05, 4.69) is 0 Å². The molecular weight excluding hydrogens is 167 g/mol. The maximum atomic E-state index is 13.2. The average molecular weight is 178 g/mol. The van der Waals surface area contributed by atoms with Gasteiger partial charge in [-0.15, -0.1) is 0 Å². The molecule has 1 aliphatic carbocycles. The number of hydrogen-bond acceptors (Lipinski definition) is 1. The van der Waals surface area contributed by atoms with E-state index in [1.54, 1.807) is 19.1 Å². The van der Waals surface area contributed by atoms with E-state index in [9.17, 15) is 9.18 Å². The molecule has 2 rings (SSSR count). The first kappa shape index (κ1) is 8.42. The lowest BCUT2D eigenvalue weighted by Gasteiger charge is -1.99. The Kier molecular flexibility index (Phi) is 1.91. The molecule has 1 saturated carbocycles. The third kappa shape index (κ3) is 1.48. The number of halogens is 1. The van der Waals surface area contributed by atoms with E-state index in [0.717, 1.165) is 6.42 Å². The zero-order valence-electron chi connectivity index (χ0n) is 7.46. The van der Waals surface area contributed by atoms with Crippen molar-refractivity contribution >= 4 is 5.78 Å². The van der Waals surface area contributed by atoms with Gasteiger partial charge < -0.3 is 0 Å². The molecule has 0 unspecified atom stereocenters. The van der Waals surface area contributed by atoms with Gasteiger partial charge in [0.1, 0.15) is 11.6 Å². The van der Waals surface area contributed by atoms with E-state index < -0.39 is 0 Å². The van der Waals surface area contributed by atoms with Crippen LogP contribution in [0.1, 0.15) is 24.8 Å². The first-order chi connectivity index (χ1) is 6.20. The maximum Gasteiger partial charge on any atom is 0.133 e. The van der Waals surface area contributed by atoms with Gasteiger partial charge in [0, 0.05) is 5.92 Å². The third-order valence-electron chi connectivity index (χ3n) is 2.62. The highest BCUT2D eigenvalue weighted by Crippen LogP contribution is 2.48. The van der Waals surface area contributed by atoms with E-state index in [0.29, 0.717) is 5.56 Å². The first-order valence-corrected chi connectivity index (χ1v) is 4.45. The fraction of sp³-hybridized carbons (Fsp3) is 0.364. The Morgan fingerprint density at radius 2 is 2.15 bits per heavy atom. The summed E-state index contributed by atoms with van der Waals surface area (Å²) in [6, 6.07) is 6.70. The van der Waals surface area contributed by atoms with Crippen molar-refractivity contribution < 1.29 is 9.18 Å². The Labute approximate surface area is 76.6 Å². The molecule has 1 aromatic rings. The van der Waals surface area contributed by atoms with Gasteiger partial charge in [-0.05, 0) is 30.9 Å². The van der Waals surface area contributed by atoms with Gasteiger partial charge in [-0.25, -0.2) is 4.39 Å². The quantitative estimate of drug-likeness (QED) is 0.680. The fourth-order valence-corrected chi connectivity index (χ4v) is 1.76. The number of carbonyl (C=O) groups excluding carboxylic acids is 1. The summed E-state index contributed by atoms with van der Waals surface area (Å²) in [5, 5.41) is 0. The maximum absolute atomic E-state index is 13.2. The molecule has 1 aromatic carbocycles. The van der Waals surface area contributed by atoms with Gasteiger partial charge >= 0.3 is 0 Å². The molecule has 1 fully saturated rings. The highest BCUT2D eigenvalue weighted by atomic mass is 19.1. The summed E-state index contributed by atoms with van der Waals surface area (Å²) in [6.07, 6.45) is 0.816. The zero-order valence-corrected chi connectivity index (χ0v) is 7.46. The average Bonchev–Trinajstić information content (AvgIpc) is 2.84. The highest BCUT2D eigenvalue weighted by molar-refractivity contribution is 5.82. The van der Waals surface area contributed by atoms with Crippen molar-refractivity contribution in [2.75, 3.05) is 0 Å². The van der Waals surface area contributed by atoms with Gasteiger partial charge in [-0.2, -0.15) is 0 Å². The summed E-state index contributed by atoms with van der Waals surface area (Å²) >= 11 is 0. The minimum absolute atomic E-state index is 0.0666. The van der Waals surface area contributed by atoms with E-state index >= 15 is 0 Å². The molecule has 0 N–H and O–H groups in total. The summed E-state index contributed by atoms with van der Waals surface area (Å²) in [5.41, 5.74) is 0.697. The standard InChI is InChI=1S/C11H11FO/c1-7(13)9-6-10(9)8-4-2-3-5-11(8)12/h2-5,9-10H,6H2,1H3/t9-,10-/m0/s1. The minimum Gasteiger partial charge on any atom is -0.300 e. The molecule has 1 nitrogen and oxygen atoms in total. The molecule has 0 heterocycles. The molecule has 2 heteroatoms. The van der Waals surface area contributed by atoms with Crippen LogP contribution in [-0.4, -0.2) is 5.78 Å². The van der Waals surface area contributed by atoms with E-state index in [1.165, 1.54) is 6.07 Å². The van der Waals surface area contributed by atoms with Gasteiger partial charge in [0.05, 0.1) is 0 Å². The van der Waals surface area contributed by atoms with Gasteiger partial charge in [0.2, 0.25) is 0 Å². The van der Waals surface area contributed by atoms with Gasteiger partial charge in [-0.1, -0.05) is 18.2 Å². The molecule has 0 amide bonds. The number of rotatable bonds is 2. The summed E-state index contributed by atoms with van der Waals surface area (Å²) in [6.45, 7) is 1.57. The van der Waals surface area contributed by atoms with Crippen molar-refractivity contribution in [3.63, 3.8) is 0 Å². The van der Waals surface area contributed by atoms with Crippen molar-refractivity contribution in [2.45, 2.75) is 19.3 Å². The van der Waals surface area contributed by atoms with Crippen LogP contribution in [0.15, 0.2) is 24.3 Å². The second-order valence-electron chi connectivity index (χ2n) is 3.58. The van der Waals surface area contributed by atoms with Crippen molar-refractivity contribution in [1.82, 2.24) is 0 Å². The normalized spacial score (nSPS) is 25.7. The van der Waals surface area contributed by atoms with Crippen LogP contribution in [-0.2, 0) is 4.79 Å². The molecule has 0 aliphatic heterocycles. The molecule has 13 heavy (non-hydrogen) atoms. The SMILES string of the molecule is CC(=O)[C@@H]1C[C@H]1c1ccccc1F. The summed E-state index contributed by atoms with van der Waals surface area (Å²) < 4.78 is 13.2. The largest absolute Gasteiger partial charge is 0.300 e. The Morgan fingerprint density at radius 3 is 2.69 bits per heavy atom. The van der Waals surface area contributed by atoms with Gasteiger partial charge in [0.25, 0.3) is 0 Å². The molecule has 0 saturated heterocycles. The second-order valence-corrected chi connectivity index (χ2v) is 3.58. The van der Waals surface area contributed by atoms with Crippen LogP contribution < -0.4 is 0 Å². The summed E-state index contributed by atoms with van der Waals surface area (Å²) in [5.74, 6) is 0.195. The lowest BCUT2D eigenvalue weighted by molar-refractivity contribution is -0.118. The van der Waals surface area contributed by atoms with E-state index in [4.69, 9.17) is 0 Å². The van der Waals surface area contributed by atoms with Crippen LogP contribution in [0.25, 0.3) is 0 Å². The van der Waals surface area contributed by atoms with Crippen LogP contribution in [0.4, 0.5) is 4.39 Å². The Balaban J connectivity index is 2.21. The number of Topliss-reactive ketones (excluding diaryl/α,β-unsaturated/α-hetero) is 1. The number of carbonyl (C=O) groups is 1. The highest BCUT2D eigenvalue weighted by Gasteiger charge is 2.42. The van der Waals surface area contributed by atoms with Gasteiger partial charge in [0.15, 0.2) is 0 Å². The number of benzene rings is 1. The fourth-order valence-electron chi connectivity index (χ4n) is 1.76.